The minimum atomic E-state index is -0.213. The molecule has 0 fully saturated rings. The van der Waals surface area contributed by atoms with E-state index in [9.17, 15) is 4.79 Å². The lowest BCUT2D eigenvalue weighted by Gasteiger charge is -2.15. The first-order valence-corrected chi connectivity index (χ1v) is 8.95. The molecule has 7 nitrogen and oxygen atoms in total. The third kappa shape index (κ3) is 4.57. The molecular weight excluding hydrogens is 370 g/mol. The summed E-state index contributed by atoms with van der Waals surface area (Å²) in [6.45, 7) is 1.94. The van der Waals surface area contributed by atoms with E-state index in [0.717, 1.165) is 11.3 Å². The Morgan fingerprint density at radius 1 is 0.931 bits per heavy atom. The first kappa shape index (κ1) is 20.0. The molecule has 0 unspecified atom stereocenters. The Hall–Kier alpha value is -3.74. The lowest BCUT2D eigenvalue weighted by molar-refractivity contribution is 0.102. The SMILES string of the molecule is COc1cc(Nc2cc(C(=O)Nc3ccccc3C)ccn2)cc(OC)c1OC. The van der Waals surface area contributed by atoms with Crippen LogP contribution in [0.2, 0.25) is 0 Å². The number of hydrogen-bond donors (Lipinski definition) is 2. The summed E-state index contributed by atoms with van der Waals surface area (Å²) >= 11 is 0. The molecule has 3 rings (SSSR count). The Balaban J connectivity index is 1.83. The fourth-order valence-electron chi connectivity index (χ4n) is 2.85. The third-order valence-corrected chi connectivity index (χ3v) is 4.35. The number of benzene rings is 2. The smallest absolute Gasteiger partial charge is 0.255 e. The van der Waals surface area contributed by atoms with Gasteiger partial charge < -0.3 is 24.8 Å². The van der Waals surface area contributed by atoms with Crippen molar-refractivity contribution in [1.82, 2.24) is 4.98 Å². The summed E-state index contributed by atoms with van der Waals surface area (Å²) in [6.07, 6.45) is 1.58. The summed E-state index contributed by atoms with van der Waals surface area (Å²) in [5, 5.41) is 6.09. The number of para-hydroxylation sites is 1. The van der Waals surface area contributed by atoms with Crippen LogP contribution in [0, 0.1) is 6.92 Å². The zero-order chi connectivity index (χ0) is 20.8. The number of carbonyl (C=O) groups is 1. The Kier molecular flexibility index (Phi) is 6.19. The van der Waals surface area contributed by atoms with E-state index in [1.54, 1.807) is 51.8 Å². The quantitative estimate of drug-likeness (QED) is 0.619. The van der Waals surface area contributed by atoms with Gasteiger partial charge in [0.15, 0.2) is 11.5 Å². The molecular formula is C22H23N3O4. The molecule has 0 saturated carbocycles. The van der Waals surface area contributed by atoms with Gasteiger partial charge in [0.2, 0.25) is 5.75 Å². The molecule has 0 aliphatic heterocycles. The highest BCUT2D eigenvalue weighted by molar-refractivity contribution is 6.05. The highest BCUT2D eigenvalue weighted by atomic mass is 16.5. The maximum Gasteiger partial charge on any atom is 0.255 e. The van der Waals surface area contributed by atoms with E-state index < -0.39 is 0 Å². The number of hydrogen-bond acceptors (Lipinski definition) is 6. The maximum absolute atomic E-state index is 12.6. The van der Waals surface area contributed by atoms with Gasteiger partial charge in [-0.25, -0.2) is 4.98 Å². The fraction of sp³-hybridized carbons (Fsp3) is 0.182. The monoisotopic (exact) mass is 393 g/mol. The molecule has 0 radical (unpaired) electrons. The van der Waals surface area contributed by atoms with Gasteiger partial charge in [0.1, 0.15) is 5.82 Å². The summed E-state index contributed by atoms with van der Waals surface area (Å²) in [5.41, 5.74) is 2.93. The van der Waals surface area contributed by atoms with E-state index in [-0.39, 0.29) is 5.91 Å². The minimum Gasteiger partial charge on any atom is -0.493 e. The molecule has 0 bridgehead atoms. The van der Waals surface area contributed by atoms with Crippen LogP contribution in [0.25, 0.3) is 0 Å². The lowest BCUT2D eigenvalue weighted by Crippen LogP contribution is -2.13. The molecule has 3 aromatic rings. The van der Waals surface area contributed by atoms with Crippen molar-refractivity contribution in [3.05, 3.63) is 65.9 Å². The van der Waals surface area contributed by atoms with Crippen LogP contribution in [0.4, 0.5) is 17.2 Å². The number of nitrogens with zero attached hydrogens (tertiary/aromatic N) is 1. The number of ether oxygens (including phenoxy) is 3. The topological polar surface area (TPSA) is 81.7 Å². The van der Waals surface area contributed by atoms with Gasteiger partial charge in [-0.1, -0.05) is 18.2 Å². The molecule has 1 heterocycles. The zero-order valence-electron chi connectivity index (χ0n) is 16.8. The molecule has 0 aliphatic carbocycles. The number of aromatic nitrogens is 1. The van der Waals surface area contributed by atoms with Crippen LogP contribution in [0.1, 0.15) is 15.9 Å². The van der Waals surface area contributed by atoms with Gasteiger partial charge in [0.05, 0.1) is 21.3 Å². The van der Waals surface area contributed by atoms with Crippen LogP contribution in [-0.2, 0) is 0 Å². The molecule has 0 spiro atoms. The molecule has 0 atom stereocenters. The Morgan fingerprint density at radius 2 is 1.62 bits per heavy atom. The minimum absolute atomic E-state index is 0.213. The van der Waals surface area contributed by atoms with E-state index in [1.807, 2.05) is 31.2 Å². The van der Waals surface area contributed by atoms with Crippen LogP contribution in [-0.4, -0.2) is 32.2 Å². The molecule has 2 aromatic carbocycles. The molecule has 1 aromatic heterocycles. The third-order valence-electron chi connectivity index (χ3n) is 4.35. The van der Waals surface area contributed by atoms with Crippen molar-refractivity contribution < 1.29 is 19.0 Å². The number of pyridine rings is 1. The first-order valence-electron chi connectivity index (χ1n) is 8.95. The Labute approximate surface area is 169 Å². The summed E-state index contributed by atoms with van der Waals surface area (Å²) in [7, 11) is 4.65. The summed E-state index contributed by atoms with van der Waals surface area (Å²) < 4.78 is 16.1. The van der Waals surface area contributed by atoms with Gasteiger partial charge in [-0.2, -0.15) is 0 Å². The largest absolute Gasteiger partial charge is 0.493 e. The molecule has 2 N–H and O–H groups in total. The van der Waals surface area contributed by atoms with Gasteiger partial charge in [0.25, 0.3) is 5.91 Å². The number of methoxy groups -OCH3 is 3. The number of nitrogens with one attached hydrogen (secondary N) is 2. The van der Waals surface area contributed by atoms with Crippen molar-refractivity contribution in [3.63, 3.8) is 0 Å². The predicted octanol–water partition coefficient (Wildman–Crippen LogP) is 4.41. The van der Waals surface area contributed by atoms with E-state index in [0.29, 0.717) is 34.3 Å². The number of carbonyl (C=O) groups excluding carboxylic acids is 1. The lowest BCUT2D eigenvalue weighted by atomic mass is 10.2. The second-order valence-corrected chi connectivity index (χ2v) is 6.24. The van der Waals surface area contributed by atoms with E-state index in [1.165, 1.54) is 0 Å². The molecule has 1 amide bonds. The van der Waals surface area contributed by atoms with Crippen LogP contribution in [0.15, 0.2) is 54.7 Å². The summed E-state index contributed by atoms with van der Waals surface area (Å²) in [6, 6.07) is 14.5. The van der Waals surface area contributed by atoms with Crippen molar-refractivity contribution >= 4 is 23.1 Å². The second-order valence-electron chi connectivity index (χ2n) is 6.24. The predicted molar refractivity (Wildman–Crippen MR) is 113 cm³/mol. The Morgan fingerprint density at radius 3 is 2.24 bits per heavy atom. The first-order chi connectivity index (χ1) is 14.0. The van der Waals surface area contributed by atoms with Crippen LogP contribution in [0.3, 0.4) is 0 Å². The van der Waals surface area contributed by atoms with E-state index >= 15 is 0 Å². The van der Waals surface area contributed by atoms with Gasteiger partial charge in [-0.15, -0.1) is 0 Å². The maximum atomic E-state index is 12.6. The molecule has 150 valence electrons. The van der Waals surface area contributed by atoms with Crippen molar-refractivity contribution in [1.29, 1.82) is 0 Å². The summed E-state index contributed by atoms with van der Waals surface area (Å²) in [5.74, 6) is 1.83. The average molecular weight is 393 g/mol. The normalized spacial score (nSPS) is 10.2. The van der Waals surface area contributed by atoms with Crippen molar-refractivity contribution in [2.75, 3.05) is 32.0 Å². The second kappa shape index (κ2) is 8.97. The summed E-state index contributed by atoms with van der Waals surface area (Å²) in [4.78, 5) is 16.9. The number of rotatable bonds is 7. The van der Waals surface area contributed by atoms with E-state index in [2.05, 4.69) is 15.6 Å². The van der Waals surface area contributed by atoms with Crippen molar-refractivity contribution in [2.24, 2.45) is 0 Å². The standard InChI is InChI=1S/C22H23N3O4/c1-14-7-5-6-8-17(14)25-22(26)15-9-10-23-20(11-15)24-16-12-18(27-2)21(29-4)19(13-16)28-3/h5-13H,1-4H3,(H,23,24)(H,25,26). The number of amides is 1. The number of anilines is 3. The van der Waals surface area contributed by atoms with Crippen molar-refractivity contribution in [2.45, 2.75) is 6.92 Å². The van der Waals surface area contributed by atoms with Gasteiger partial charge in [-0.3, -0.25) is 4.79 Å². The fourth-order valence-corrected chi connectivity index (χ4v) is 2.85. The molecule has 7 heteroatoms. The van der Waals surface area contributed by atoms with E-state index in [4.69, 9.17) is 14.2 Å². The van der Waals surface area contributed by atoms with Crippen LogP contribution >= 0.6 is 0 Å². The highest BCUT2D eigenvalue weighted by Crippen LogP contribution is 2.40. The van der Waals surface area contributed by atoms with Crippen molar-refractivity contribution in [3.8, 4) is 17.2 Å². The molecule has 29 heavy (non-hydrogen) atoms. The zero-order valence-corrected chi connectivity index (χ0v) is 16.8. The average Bonchev–Trinajstić information content (AvgIpc) is 2.74. The highest BCUT2D eigenvalue weighted by Gasteiger charge is 2.14. The molecule has 0 aliphatic rings. The Bertz CT molecular complexity index is 995. The molecule has 0 saturated heterocycles. The van der Waals surface area contributed by atoms with Gasteiger partial charge in [0, 0.05) is 35.3 Å². The van der Waals surface area contributed by atoms with Gasteiger partial charge >= 0.3 is 0 Å². The number of aryl methyl sites for hydroxylation is 1. The van der Waals surface area contributed by atoms with Crippen LogP contribution in [0.5, 0.6) is 17.2 Å². The van der Waals surface area contributed by atoms with Crippen LogP contribution < -0.4 is 24.8 Å². The van der Waals surface area contributed by atoms with Gasteiger partial charge in [-0.05, 0) is 30.7 Å².